The molecule has 0 N–H and O–H groups in total. The average Bonchev–Trinajstić information content (AvgIpc) is 2.18. The van der Waals surface area contributed by atoms with Crippen molar-refractivity contribution in [1.82, 2.24) is 0 Å². The van der Waals surface area contributed by atoms with E-state index in [1.807, 2.05) is 18.2 Å². The van der Waals surface area contributed by atoms with Crippen molar-refractivity contribution < 1.29 is 4.74 Å². The second-order valence-corrected chi connectivity index (χ2v) is 3.13. The quantitative estimate of drug-likeness (QED) is 0.503. The summed E-state index contributed by atoms with van der Waals surface area (Å²) in [7, 11) is 0. The molecule has 0 radical (unpaired) electrons. The third-order valence-corrected chi connectivity index (χ3v) is 2.16. The number of ether oxygens (including phenoxy) is 1. The van der Waals surface area contributed by atoms with Crippen LogP contribution in [0.2, 0.25) is 0 Å². The van der Waals surface area contributed by atoms with Crippen molar-refractivity contribution in [3.8, 4) is 5.75 Å². The summed E-state index contributed by atoms with van der Waals surface area (Å²) in [6.07, 6.45) is 2.15. The van der Waals surface area contributed by atoms with Crippen molar-refractivity contribution in [2.45, 2.75) is 12.8 Å². The molecule has 1 aliphatic rings. The number of aliphatic imine (C=N–C) groups is 1. The van der Waals surface area contributed by atoms with Crippen molar-refractivity contribution in [1.29, 1.82) is 0 Å². The van der Waals surface area contributed by atoms with E-state index >= 15 is 0 Å². The fourth-order valence-electron chi connectivity index (χ4n) is 1.47. The van der Waals surface area contributed by atoms with Gasteiger partial charge in [0.25, 0.3) is 0 Å². The molecule has 1 heterocycles. The van der Waals surface area contributed by atoms with E-state index in [0.29, 0.717) is 0 Å². The van der Waals surface area contributed by atoms with Crippen molar-refractivity contribution in [2.75, 3.05) is 6.61 Å². The SMILES string of the molecule is S=C=Nc1ccc2c(c1)CCCO2. The summed E-state index contributed by atoms with van der Waals surface area (Å²) in [5.74, 6) is 0.981. The van der Waals surface area contributed by atoms with Gasteiger partial charge >= 0.3 is 0 Å². The highest BCUT2D eigenvalue weighted by Gasteiger charge is 2.09. The zero-order valence-corrected chi connectivity index (χ0v) is 7.93. The van der Waals surface area contributed by atoms with Crippen LogP contribution in [0.1, 0.15) is 12.0 Å². The molecule has 2 rings (SSSR count). The lowest BCUT2D eigenvalue weighted by Crippen LogP contribution is -2.07. The van der Waals surface area contributed by atoms with Gasteiger partial charge in [-0.3, -0.25) is 0 Å². The molecule has 3 heteroatoms. The number of isothiocyanates is 1. The first kappa shape index (κ1) is 8.42. The molecule has 0 amide bonds. The number of aryl methyl sites for hydroxylation is 1. The third kappa shape index (κ3) is 1.77. The summed E-state index contributed by atoms with van der Waals surface area (Å²) in [5, 5.41) is 2.36. The number of benzene rings is 1. The van der Waals surface area contributed by atoms with Crippen molar-refractivity contribution in [2.24, 2.45) is 4.99 Å². The van der Waals surface area contributed by atoms with Gasteiger partial charge in [0.2, 0.25) is 0 Å². The highest BCUT2D eigenvalue weighted by atomic mass is 32.1. The summed E-state index contributed by atoms with van der Waals surface area (Å²) in [6, 6.07) is 5.84. The minimum absolute atomic E-state index is 0.822. The van der Waals surface area contributed by atoms with Gasteiger partial charge in [-0.05, 0) is 48.8 Å². The monoisotopic (exact) mass is 191 g/mol. The van der Waals surface area contributed by atoms with Crippen molar-refractivity contribution in [3.63, 3.8) is 0 Å². The maximum atomic E-state index is 5.47. The number of thiocarbonyl (C=S) groups is 1. The van der Waals surface area contributed by atoms with Crippen LogP contribution in [0.3, 0.4) is 0 Å². The fraction of sp³-hybridized carbons (Fsp3) is 0.300. The van der Waals surface area contributed by atoms with E-state index < -0.39 is 0 Å². The lowest BCUT2D eigenvalue weighted by molar-refractivity contribution is 0.288. The summed E-state index contributed by atoms with van der Waals surface area (Å²) in [5.41, 5.74) is 2.08. The zero-order chi connectivity index (χ0) is 9.10. The van der Waals surface area contributed by atoms with E-state index in [9.17, 15) is 0 Å². The summed E-state index contributed by atoms with van der Waals surface area (Å²) in [6.45, 7) is 0.822. The van der Waals surface area contributed by atoms with E-state index in [2.05, 4.69) is 22.4 Å². The maximum Gasteiger partial charge on any atom is 0.122 e. The molecule has 0 saturated heterocycles. The van der Waals surface area contributed by atoms with Gasteiger partial charge in [-0.15, -0.1) is 0 Å². The van der Waals surface area contributed by atoms with Crippen LogP contribution in [0, 0.1) is 0 Å². The molecule has 0 spiro atoms. The van der Waals surface area contributed by atoms with E-state index in [-0.39, 0.29) is 0 Å². The fourth-order valence-corrected chi connectivity index (χ4v) is 1.57. The van der Waals surface area contributed by atoms with E-state index in [1.165, 1.54) is 5.56 Å². The second-order valence-electron chi connectivity index (χ2n) is 2.95. The molecule has 1 aliphatic heterocycles. The molecule has 0 aromatic heterocycles. The number of rotatable bonds is 1. The highest BCUT2D eigenvalue weighted by Crippen LogP contribution is 2.28. The first-order chi connectivity index (χ1) is 6.40. The van der Waals surface area contributed by atoms with Crippen LogP contribution in [0.25, 0.3) is 0 Å². The molecule has 0 atom stereocenters. The van der Waals surface area contributed by atoms with Gasteiger partial charge in [0, 0.05) is 0 Å². The van der Waals surface area contributed by atoms with Gasteiger partial charge in [0.05, 0.1) is 17.5 Å². The van der Waals surface area contributed by atoms with Gasteiger partial charge in [-0.2, -0.15) is 4.99 Å². The molecule has 1 aromatic carbocycles. The molecule has 0 bridgehead atoms. The Morgan fingerprint density at radius 2 is 2.38 bits per heavy atom. The van der Waals surface area contributed by atoms with Crippen LogP contribution < -0.4 is 4.74 Å². The summed E-state index contributed by atoms with van der Waals surface area (Å²) >= 11 is 4.54. The number of hydrogen-bond donors (Lipinski definition) is 0. The molecule has 0 unspecified atom stereocenters. The number of fused-ring (bicyclic) bond motifs is 1. The molecule has 2 nitrogen and oxygen atoms in total. The normalized spacial score (nSPS) is 13.8. The van der Waals surface area contributed by atoms with E-state index in [4.69, 9.17) is 4.74 Å². The van der Waals surface area contributed by atoms with Crippen LogP contribution in [0.15, 0.2) is 23.2 Å². The van der Waals surface area contributed by atoms with Crippen LogP contribution in [-0.2, 0) is 6.42 Å². The predicted octanol–water partition coefficient (Wildman–Crippen LogP) is 2.75. The molecule has 0 fully saturated rings. The number of hydrogen-bond acceptors (Lipinski definition) is 3. The maximum absolute atomic E-state index is 5.47. The van der Waals surface area contributed by atoms with Crippen LogP contribution in [0.4, 0.5) is 5.69 Å². The lowest BCUT2D eigenvalue weighted by atomic mass is 10.1. The minimum Gasteiger partial charge on any atom is -0.493 e. The minimum atomic E-state index is 0.822. The van der Waals surface area contributed by atoms with Crippen LogP contribution >= 0.6 is 12.2 Å². The molecular weight excluding hydrogens is 182 g/mol. The molecular formula is C10H9NOS. The van der Waals surface area contributed by atoms with E-state index in [0.717, 1.165) is 30.9 Å². The molecule has 0 aliphatic carbocycles. The smallest absolute Gasteiger partial charge is 0.122 e. The topological polar surface area (TPSA) is 21.6 Å². The standard InChI is InChI=1S/C10H9NOS/c13-7-11-9-3-4-10-8(6-9)2-1-5-12-10/h3-4,6H,1-2,5H2. The Kier molecular flexibility index (Phi) is 2.39. The molecule has 13 heavy (non-hydrogen) atoms. The van der Waals surface area contributed by atoms with Crippen LogP contribution in [-0.4, -0.2) is 11.8 Å². The Morgan fingerprint density at radius 1 is 1.46 bits per heavy atom. The van der Waals surface area contributed by atoms with Crippen molar-refractivity contribution >= 4 is 23.1 Å². The van der Waals surface area contributed by atoms with Crippen molar-refractivity contribution in [3.05, 3.63) is 23.8 Å². The Bertz CT molecular complexity index is 369. The van der Waals surface area contributed by atoms with E-state index in [1.54, 1.807) is 0 Å². The Labute approximate surface area is 82.3 Å². The summed E-state index contributed by atoms with van der Waals surface area (Å²) in [4.78, 5) is 3.92. The third-order valence-electron chi connectivity index (χ3n) is 2.07. The second kappa shape index (κ2) is 3.69. The van der Waals surface area contributed by atoms with Gasteiger partial charge in [0.15, 0.2) is 0 Å². The van der Waals surface area contributed by atoms with Gasteiger partial charge < -0.3 is 4.74 Å². The molecule has 66 valence electrons. The zero-order valence-electron chi connectivity index (χ0n) is 7.12. The molecule has 1 aromatic rings. The lowest BCUT2D eigenvalue weighted by Gasteiger charge is -2.16. The first-order valence-electron chi connectivity index (χ1n) is 4.24. The predicted molar refractivity (Wildman–Crippen MR) is 54.9 cm³/mol. The van der Waals surface area contributed by atoms with Crippen LogP contribution in [0.5, 0.6) is 5.75 Å². The Morgan fingerprint density at radius 3 is 3.23 bits per heavy atom. The Hall–Kier alpha value is -1.18. The molecule has 0 saturated carbocycles. The highest BCUT2D eigenvalue weighted by molar-refractivity contribution is 7.78. The average molecular weight is 191 g/mol. The van der Waals surface area contributed by atoms with Gasteiger partial charge in [-0.1, -0.05) is 0 Å². The number of nitrogens with zero attached hydrogens (tertiary/aromatic N) is 1. The largest absolute Gasteiger partial charge is 0.493 e. The first-order valence-corrected chi connectivity index (χ1v) is 4.64. The Balaban J connectivity index is 2.40. The van der Waals surface area contributed by atoms with Gasteiger partial charge in [-0.25, -0.2) is 0 Å². The van der Waals surface area contributed by atoms with Gasteiger partial charge in [0.1, 0.15) is 5.75 Å². The summed E-state index contributed by atoms with van der Waals surface area (Å²) < 4.78 is 5.47.